The van der Waals surface area contributed by atoms with Crippen LogP contribution in [0.25, 0.3) is 11.3 Å². The second-order valence-corrected chi connectivity index (χ2v) is 7.96. The first kappa shape index (κ1) is 19.4. The topological polar surface area (TPSA) is 106 Å². The minimum absolute atomic E-state index is 0.00125. The van der Waals surface area contributed by atoms with Gasteiger partial charge in [0.2, 0.25) is 5.91 Å². The lowest BCUT2D eigenvalue weighted by Gasteiger charge is -2.31. The van der Waals surface area contributed by atoms with Gasteiger partial charge in [-0.3, -0.25) is 4.79 Å². The van der Waals surface area contributed by atoms with Crippen LogP contribution in [0.4, 0.5) is 11.6 Å². The Labute approximate surface area is 182 Å². The second-order valence-electron chi connectivity index (χ2n) is 7.53. The normalized spacial score (nSPS) is 14.8. The molecule has 0 unspecified atom stereocenters. The van der Waals surface area contributed by atoms with E-state index in [9.17, 15) is 4.79 Å². The molecule has 0 atom stereocenters. The fraction of sp³-hybridized carbons (Fsp3) is 0.300. The second kappa shape index (κ2) is 7.95. The van der Waals surface area contributed by atoms with Gasteiger partial charge in [0.1, 0.15) is 5.82 Å². The first-order valence-electron chi connectivity index (χ1n) is 10.0. The zero-order valence-corrected chi connectivity index (χ0v) is 17.6. The molecule has 0 aliphatic carbocycles. The molecule has 0 radical (unpaired) electrons. The average molecular weight is 438 g/mol. The maximum Gasteiger partial charge on any atom is 0.228 e. The van der Waals surface area contributed by atoms with Crippen LogP contribution in [0.5, 0.6) is 0 Å². The van der Waals surface area contributed by atoms with E-state index in [0.717, 1.165) is 43.1 Å². The van der Waals surface area contributed by atoms with Gasteiger partial charge >= 0.3 is 0 Å². The number of halogens is 1. The van der Waals surface area contributed by atoms with Crippen molar-refractivity contribution in [2.24, 2.45) is 5.92 Å². The van der Waals surface area contributed by atoms with Crippen molar-refractivity contribution in [3.05, 3.63) is 53.2 Å². The molecule has 4 aromatic rings. The highest BCUT2D eigenvalue weighted by Crippen LogP contribution is 2.25. The van der Waals surface area contributed by atoms with E-state index in [1.165, 1.54) is 4.63 Å². The molecule has 0 saturated carbocycles. The number of aromatic nitrogens is 7. The van der Waals surface area contributed by atoms with Gasteiger partial charge in [-0.05, 0) is 66.6 Å². The quantitative estimate of drug-likeness (QED) is 0.522. The van der Waals surface area contributed by atoms with Crippen LogP contribution < -0.4 is 10.2 Å². The molecule has 1 aliphatic rings. The molecule has 1 amide bonds. The molecule has 5 rings (SSSR count). The molecule has 10 nitrogen and oxygen atoms in total. The molecular formula is C20H20ClN9O. The summed E-state index contributed by atoms with van der Waals surface area (Å²) in [6.07, 6.45) is 1.46. The number of carbonyl (C=O) groups is 1. The lowest BCUT2D eigenvalue weighted by atomic mass is 9.96. The Morgan fingerprint density at radius 2 is 1.87 bits per heavy atom. The van der Waals surface area contributed by atoms with Crippen LogP contribution in [0, 0.1) is 12.8 Å². The Balaban J connectivity index is 1.25. The van der Waals surface area contributed by atoms with Gasteiger partial charge in [0.05, 0.1) is 11.4 Å². The summed E-state index contributed by atoms with van der Waals surface area (Å²) in [7, 11) is 0. The maximum absolute atomic E-state index is 13.0. The minimum atomic E-state index is -0.0816. The molecule has 11 heteroatoms. The Bertz CT molecular complexity index is 1230. The van der Waals surface area contributed by atoms with Crippen molar-refractivity contribution < 1.29 is 4.79 Å². The summed E-state index contributed by atoms with van der Waals surface area (Å²) in [5, 5.41) is 24.0. The number of piperidine rings is 1. The SMILES string of the molecule is Cc1cc(NC(=O)C2CCN(c3ccc4nnnn4n3)CC2)n(-c2ccc(Cl)cc2)n1. The summed E-state index contributed by atoms with van der Waals surface area (Å²) in [6, 6.07) is 13.0. The molecule has 1 N–H and O–H groups in total. The summed E-state index contributed by atoms with van der Waals surface area (Å²) < 4.78 is 3.14. The number of amides is 1. The number of tetrazole rings is 1. The molecule has 0 spiro atoms. The highest BCUT2D eigenvalue weighted by molar-refractivity contribution is 6.30. The molecule has 1 fully saturated rings. The van der Waals surface area contributed by atoms with Crippen LogP contribution in [-0.4, -0.2) is 54.0 Å². The van der Waals surface area contributed by atoms with Crippen molar-refractivity contribution in [3.63, 3.8) is 0 Å². The van der Waals surface area contributed by atoms with Gasteiger partial charge in [0.15, 0.2) is 11.5 Å². The first-order chi connectivity index (χ1) is 15.1. The van der Waals surface area contributed by atoms with E-state index in [2.05, 4.69) is 35.9 Å². The minimum Gasteiger partial charge on any atom is -0.355 e. The van der Waals surface area contributed by atoms with E-state index in [1.54, 1.807) is 16.8 Å². The third-order valence-electron chi connectivity index (χ3n) is 5.40. The smallest absolute Gasteiger partial charge is 0.228 e. The Morgan fingerprint density at radius 1 is 1.10 bits per heavy atom. The van der Waals surface area contributed by atoms with Crippen LogP contribution in [0.3, 0.4) is 0 Å². The predicted molar refractivity (Wildman–Crippen MR) is 115 cm³/mol. The van der Waals surface area contributed by atoms with Gasteiger partial charge in [-0.15, -0.1) is 14.8 Å². The molecule has 0 bridgehead atoms. The molecule has 1 aromatic carbocycles. The third kappa shape index (κ3) is 3.93. The standard InChI is InChI=1S/C20H20ClN9O/c1-13-12-19(29(24-13)16-4-2-15(21)3-5-16)22-20(31)14-8-10-28(11-9-14)18-7-6-17-23-26-27-30(17)25-18/h2-7,12,14H,8-11H2,1H3,(H,22,31). The number of nitrogens with zero attached hydrogens (tertiary/aromatic N) is 8. The van der Waals surface area contributed by atoms with E-state index in [1.807, 2.05) is 37.3 Å². The highest BCUT2D eigenvalue weighted by Gasteiger charge is 2.27. The van der Waals surface area contributed by atoms with Gasteiger partial charge in [-0.25, -0.2) is 4.68 Å². The third-order valence-corrected chi connectivity index (χ3v) is 5.65. The number of rotatable bonds is 4. The molecule has 158 valence electrons. The van der Waals surface area contributed by atoms with Gasteiger partial charge in [-0.2, -0.15) is 5.10 Å². The van der Waals surface area contributed by atoms with Gasteiger partial charge in [-0.1, -0.05) is 11.6 Å². The van der Waals surface area contributed by atoms with E-state index < -0.39 is 0 Å². The first-order valence-corrected chi connectivity index (χ1v) is 10.4. The number of aryl methyl sites for hydroxylation is 1. The van der Waals surface area contributed by atoms with E-state index in [0.29, 0.717) is 16.5 Å². The maximum atomic E-state index is 13.0. The number of nitrogens with one attached hydrogen (secondary N) is 1. The van der Waals surface area contributed by atoms with Crippen molar-refractivity contribution in [3.8, 4) is 5.69 Å². The van der Waals surface area contributed by atoms with Crippen LogP contribution in [-0.2, 0) is 4.79 Å². The Kier molecular flexibility index (Phi) is 4.99. The van der Waals surface area contributed by atoms with Crippen LogP contribution in [0.2, 0.25) is 5.02 Å². The largest absolute Gasteiger partial charge is 0.355 e. The summed E-state index contributed by atoms with van der Waals surface area (Å²) in [5.41, 5.74) is 2.27. The summed E-state index contributed by atoms with van der Waals surface area (Å²) in [5.74, 6) is 1.37. The fourth-order valence-electron chi connectivity index (χ4n) is 3.78. The number of hydrogen-bond donors (Lipinski definition) is 1. The zero-order chi connectivity index (χ0) is 21.4. The van der Waals surface area contributed by atoms with E-state index >= 15 is 0 Å². The Morgan fingerprint density at radius 3 is 2.65 bits per heavy atom. The molecule has 1 saturated heterocycles. The number of fused-ring (bicyclic) bond motifs is 1. The lowest BCUT2D eigenvalue weighted by Crippen LogP contribution is -2.39. The van der Waals surface area contributed by atoms with Crippen molar-refractivity contribution in [1.82, 2.24) is 35.0 Å². The molecule has 31 heavy (non-hydrogen) atoms. The lowest BCUT2D eigenvalue weighted by molar-refractivity contribution is -0.120. The number of anilines is 2. The number of benzene rings is 1. The molecule has 4 heterocycles. The van der Waals surface area contributed by atoms with Crippen LogP contribution in [0.1, 0.15) is 18.5 Å². The Hall–Kier alpha value is -3.53. The fourth-order valence-corrected chi connectivity index (χ4v) is 3.90. The number of carbonyl (C=O) groups excluding carboxylic acids is 1. The summed E-state index contributed by atoms with van der Waals surface area (Å²) in [4.78, 5) is 15.1. The van der Waals surface area contributed by atoms with Crippen molar-refractivity contribution in [1.29, 1.82) is 0 Å². The van der Waals surface area contributed by atoms with Crippen molar-refractivity contribution in [2.45, 2.75) is 19.8 Å². The monoisotopic (exact) mass is 437 g/mol. The summed E-state index contributed by atoms with van der Waals surface area (Å²) >= 11 is 5.99. The molecular weight excluding hydrogens is 418 g/mol. The molecule has 3 aromatic heterocycles. The number of hydrogen-bond acceptors (Lipinski definition) is 7. The van der Waals surface area contributed by atoms with Crippen molar-refractivity contribution >= 4 is 34.8 Å². The van der Waals surface area contributed by atoms with Crippen LogP contribution >= 0.6 is 11.6 Å². The van der Waals surface area contributed by atoms with E-state index in [4.69, 9.17) is 11.6 Å². The highest BCUT2D eigenvalue weighted by atomic mass is 35.5. The van der Waals surface area contributed by atoms with Crippen LogP contribution in [0.15, 0.2) is 42.5 Å². The van der Waals surface area contributed by atoms with Gasteiger partial charge in [0, 0.05) is 30.1 Å². The van der Waals surface area contributed by atoms with Gasteiger partial charge < -0.3 is 10.2 Å². The molecule has 1 aliphatic heterocycles. The summed E-state index contributed by atoms with van der Waals surface area (Å²) in [6.45, 7) is 3.36. The van der Waals surface area contributed by atoms with Crippen molar-refractivity contribution in [2.75, 3.05) is 23.3 Å². The van der Waals surface area contributed by atoms with E-state index in [-0.39, 0.29) is 11.8 Å². The average Bonchev–Trinajstić information content (AvgIpc) is 3.40. The predicted octanol–water partition coefficient (Wildman–Crippen LogP) is 2.52. The van der Waals surface area contributed by atoms with Gasteiger partial charge in [0.25, 0.3) is 0 Å². The zero-order valence-electron chi connectivity index (χ0n) is 16.8.